The van der Waals surface area contributed by atoms with Crippen LogP contribution in [0.3, 0.4) is 0 Å². The first-order chi connectivity index (χ1) is 17.4. The lowest BCUT2D eigenvalue weighted by molar-refractivity contribution is 0.0696. The Morgan fingerprint density at radius 2 is 1.81 bits per heavy atom. The number of benzene rings is 3. The predicted molar refractivity (Wildman–Crippen MR) is 140 cm³/mol. The van der Waals surface area contributed by atoms with E-state index in [4.69, 9.17) is 32.9 Å². The van der Waals surface area contributed by atoms with Crippen LogP contribution in [-0.4, -0.2) is 27.2 Å². The first kappa shape index (κ1) is 24.6. The van der Waals surface area contributed by atoms with Gasteiger partial charge in [-0.1, -0.05) is 54.6 Å². The van der Waals surface area contributed by atoms with Gasteiger partial charge >= 0.3 is 5.97 Å². The van der Waals surface area contributed by atoms with Crippen molar-refractivity contribution in [3.05, 3.63) is 82.1 Å². The van der Waals surface area contributed by atoms with E-state index < -0.39 is 11.8 Å². The fraction of sp³-hybridized carbons (Fsp3) is 0.286. The molecule has 1 N–H and O–H groups in total. The number of halogens is 3. The number of carboxylic acid groups (broad SMARTS) is 1. The molecule has 8 heteroatoms. The Balaban J connectivity index is 1.59. The highest BCUT2D eigenvalue weighted by Gasteiger charge is 2.30. The average Bonchev–Trinajstić information content (AvgIpc) is 3.26. The van der Waals surface area contributed by atoms with Gasteiger partial charge in [-0.3, -0.25) is 0 Å². The number of hydrogen-bond acceptors (Lipinski definition) is 3. The van der Waals surface area contributed by atoms with Gasteiger partial charge in [-0.05, 0) is 67.3 Å². The van der Waals surface area contributed by atoms with Gasteiger partial charge in [-0.25, -0.2) is 14.2 Å². The maximum absolute atomic E-state index is 14.8. The molecule has 4 aromatic rings. The van der Waals surface area contributed by atoms with E-state index in [-0.39, 0.29) is 29.0 Å². The minimum absolute atomic E-state index is 0.0665. The molecular weight excluding hydrogens is 502 g/mol. The molecule has 1 aromatic heterocycles. The fourth-order valence-electron chi connectivity index (χ4n) is 5.11. The average molecular weight is 527 g/mol. The van der Waals surface area contributed by atoms with Crippen LogP contribution in [0, 0.1) is 11.7 Å². The number of aromatic carboxylic acids is 1. The van der Waals surface area contributed by atoms with Crippen LogP contribution in [0.5, 0.6) is 5.75 Å². The standard InChI is InChI=1S/C28H25Cl2FN2O3/c29-20-12-10-18(11-13-20)27-32-23-8-4-5-9-24(23)33(27)25(17-6-2-1-3-7-17)16-36-26-21(30)14-19(28(34)35)15-22(26)31/h4-5,8-15,17,25H,1-3,6-7,16H2,(H,34,35). The van der Waals surface area contributed by atoms with Gasteiger partial charge < -0.3 is 14.4 Å². The molecule has 0 saturated heterocycles. The predicted octanol–water partition coefficient (Wildman–Crippen LogP) is 8.05. The molecule has 1 fully saturated rings. The Labute approximate surface area is 218 Å². The molecule has 1 aliphatic rings. The molecule has 0 bridgehead atoms. The van der Waals surface area contributed by atoms with Gasteiger partial charge in [0.1, 0.15) is 12.4 Å². The molecule has 0 amide bonds. The molecule has 36 heavy (non-hydrogen) atoms. The zero-order valence-corrected chi connectivity index (χ0v) is 21.0. The number of rotatable bonds is 7. The largest absolute Gasteiger partial charge is 0.487 e. The number of aromatic nitrogens is 2. The first-order valence-electron chi connectivity index (χ1n) is 12.0. The molecule has 1 saturated carbocycles. The number of nitrogens with zero attached hydrogens (tertiary/aromatic N) is 2. The van der Waals surface area contributed by atoms with E-state index in [2.05, 4.69) is 4.57 Å². The molecule has 0 spiro atoms. The molecule has 1 atom stereocenters. The van der Waals surface area contributed by atoms with Crippen molar-refractivity contribution in [2.75, 3.05) is 6.61 Å². The van der Waals surface area contributed by atoms with E-state index in [1.165, 1.54) is 12.5 Å². The molecular formula is C28H25Cl2FN2O3. The third kappa shape index (κ3) is 4.93. The smallest absolute Gasteiger partial charge is 0.335 e. The summed E-state index contributed by atoms with van der Waals surface area (Å²) in [7, 11) is 0. The van der Waals surface area contributed by atoms with Crippen molar-refractivity contribution < 1.29 is 19.0 Å². The molecule has 5 nitrogen and oxygen atoms in total. The molecule has 1 unspecified atom stereocenters. The lowest BCUT2D eigenvalue weighted by atomic mass is 9.83. The van der Waals surface area contributed by atoms with Gasteiger partial charge in [-0.15, -0.1) is 0 Å². The number of carboxylic acids is 1. The molecule has 1 heterocycles. The van der Waals surface area contributed by atoms with Gasteiger partial charge in [0, 0.05) is 10.6 Å². The van der Waals surface area contributed by atoms with Crippen LogP contribution in [0.1, 0.15) is 48.5 Å². The second-order valence-electron chi connectivity index (χ2n) is 9.15. The van der Waals surface area contributed by atoms with E-state index in [0.717, 1.165) is 54.2 Å². The molecule has 1 aliphatic carbocycles. The summed E-state index contributed by atoms with van der Waals surface area (Å²) >= 11 is 12.4. The molecule has 3 aromatic carbocycles. The van der Waals surface area contributed by atoms with Crippen molar-refractivity contribution in [2.24, 2.45) is 5.92 Å². The summed E-state index contributed by atoms with van der Waals surface area (Å²) < 4.78 is 23.1. The minimum atomic E-state index is -1.25. The Hall–Kier alpha value is -3.09. The Bertz CT molecular complexity index is 1370. The van der Waals surface area contributed by atoms with E-state index in [1.807, 2.05) is 48.5 Å². The number of carbonyl (C=O) groups is 1. The molecule has 0 aliphatic heterocycles. The van der Waals surface area contributed by atoms with Gasteiger partial charge in [0.05, 0.1) is 27.7 Å². The summed E-state index contributed by atoms with van der Waals surface area (Å²) in [6.07, 6.45) is 5.47. The zero-order chi connectivity index (χ0) is 25.2. The lowest BCUT2D eigenvalue weighted by Gasteiger charge is -2.33. The van der Waals surface area contributed by atoms with Crippen LogP contribution in [-0.2, 0) is 0 Å². The van der Waals surface area contributed by atoms with Crippen molar-refractivity contribution in [3.63, 3.8) is 0 Å². The van der Waals surface area contributed by atoms with E-state index in [0.29, 0.717) is 10.9 Å². The fourth-order valence-corrected chi connectivity index (χ4v) is 5.50. The van der Waals surface area contributed by atoms with Gasteiger partial charge in [0.2, 0.25) is 0 Å². The highest BCUT2D eigenvalue weighted by molar-refractivity contribution is 6.32. The van der Waals surface area contributed by atoms with Crippen molar-refractivity contribution >= 4 is 40.2 Å². The van der Waals surface area contributed by atoms with Crippen LogP contribution in [0.2, 0.25) is 10.0 Å². The monoisotopic (exact) mass is 526 g/mol. The maximum atomic E-state index is 14.8. The highest BCUT2D eigenvalue weighted by atomic mass is 35.5. The molecule has 186 valence electrons. The first-order valence-corrected chi connectivity index (χ1v) is 12.8. The lowest BCUT2D eigenvalue weighted by Crippen LogP contribution is -2.28. The summed E-state index contributed by atoms with van der Waals surface area (Å²) in [6, 6.07) is 17.5. The van der Waals surface area contributed by atoms with Crippen molar-refractivity contribution in [2.45, 2.75) is 38.1 Å². The third-order valence-electron chi connectivity index (χ3n) is 6.87. The van der Waals surface area contributed by atoms with Crippen LogP contribution in [0.25, 0.3) is 22.4 Å². The van der Waals surface area contributed by atoms with Gasteiger partial charge in [0.15, 0.2) is 11.6 Å². The number of para-hydroxylation sites is 2. The number of hydrogen-bond donors (Lipinski definition) is 1. The third-order valence-corrected chi connectivity index (χ3v) is 7.40. The van der Waals surface area contributed by atoms with Crippen LogP contribution >= 0.6 is 23.2 Å². The summed E-state index contributed by atoms with van der Waals surface area (Å²) in [4.78, 5) is 16.2. The van der Waals surface area contributed by atoms with Gasteiger partial charge in [-0.2, -0.15) is 0 Å². The summed E-state index contributed by atoms with van der Waals surface area (Å²) in [5.74, 6) is -1.10. The van der Waals surface area contributed by atoms with Crippen molar-refractivity contribution in [1.29, 1.82) is 0 Å². The van der Waals surface area contributed by atoms with E-state index in [1.54, 1.807) is 0 Å². The molecule has 5 rings (SSSR count). The summed E-state index contributed by atoms with van der Waals surface area (Å²) in [6.45, 7) is 0.161. The SMILES string of the molecule is O=C(O)c1cc(F)c(OCC(C2CCCCC2)n2c(-c3ccc(Cl)cc3)nc3ccccc32)c(Cl)c1. The highest BCUT2D eigenvalue weighted by Crippen LogP contribution is 2.39. The molecule has 0 radical (unpaired) electrons. The summed E-state index contributed by atoms with van der Waals surface area (Å²) in [5.41, 5.74) is 2.53. The quantitative estimate of drug-likeness (QED) is 0.264. The number of ether oxygens (including phenoxy) is 1. The second kappa shape index (κ2) is 10.5. The minimum Gasteiger partial charge on any atom is -0.487 e. The Morgan fingerprint density at radius 3 is 2.50 bits per heavy atom. The number of imidazole rings is 1. The topological polar surface area (TPSA) is 64.3 Å². The number of fused-ring (bicyclic) bond motifs is 1. The maximum Gasteiger partial charge on any atom is 0.335 e. The van der Waals surface area contributed by atoms with Crippen LogP contribution in [0.15, 0.2) is 60.7 Å². The van der Waals surface area contributed by atoms with Crippen molar-refractivity contribution in [3.8, 4) is 17.1 Å². The van der Waals surface area contributed by atoms with Crippen LogP contribution < -0.4 is 4.74 Å². The van der Waals surface area contributed by atoms with Crippen molar-refractivity contribution in [1.82, 2.24) is 9.55 Å². The second-order valence-corrected chi connectivity index (χ2v) is 10.00. The Morgan fingerprint density at radius 1 is 1.08 bits per heavy atom. The van der Waals surface area contributed by atoms with Crippen LogP contribution in [0.4, 0.5) is 4.39 Å². The van der Waals surface area contributed by atoms with E-state index >= 15 is 0 Å². The van der Waals surface area contributed by atoms with Gasteiger partial charge in [0.25, 0.3) is 0 Å². The zero-order valence-electron chi connectivity index (χ0n) is 19.5. The Kier molecular flexibility index (Phi) is 7.17. The van der Waals surface area contributed by atoms with E-state index in [9.17, 15) is 14.3 Å². The summed E-state index contributed by atoms with van der Waals surface area (Å²) in [5, 5.41) is 9.79. The normalized spacial score (nSPS) is 15.2.